The molecule has 29 heavy (non-hydrogen) atoms. The Morgan fingerprint density at radius 3 is 2.69 bits per heavy atom. The zero-order valence-corrected chi connectivity index (χ0v) is 19.0. The second-order valence-electron chi connectivity index (χ2n) is 5.82. The molecule has 150 valence electrons. The molecule has 0 saturated carbocycles. The van der Waals surface area contributed by atoms with Gasteiger partial charge in [0.2, 0.25) is 5.90 Å². The van der Waals surface area contributed by atoms with Gasteiger partial charge in [0.05, 0.1) is 22.7 Å². The number of hydrogen-bond donors (Lipinski definition) is 0. The average Bonchev–Trinajstić information content (AvgIpc) is 3.05. The highest BCUT2D eigenvalue weighted by molar-refractivity contribution is 14.1. The topological polar surface area (TPSA) is 74.2 Å². The highest BCUT2D eigenvalue weighted by atomic mass is 127. The maximum absolute atomic E-state index is 12.3. The van der Waals surface area contributed by atoms with Crippen molar-refractivity contribution in [1.29, 1.82) is 0 Å². The Bertz CT molecular complexity index is 1070. The Kier molecular flexibility index (Phi) is 6.81. The Morgan fingerprint density at radius 2 is 2.00 bits per heavy atom. The van der Waals surface area contributed by atoms with Crippen molar-refractivity contribution in [3.8, 4) is 11.5 Å². The van der Waals surface area contributed by atoms with Crippen molar-refractivity contribution >= 4 is 69.7 Å². The van der Waals surface area contributed by atoms with Gasteiger partial charge in [0.25, 0.3) is 0 Å². The van der Waals surface area contributed by atoms with Gasteiger partial charge in [0.1, 0.15) is 0 Å². The standard InChI is InChI=1S/C20H14Cl2INO5/c1-3-17(25)28-18-14(22)6-10(8-16(18)27-2)7-15-20(26)29-19(24-15)12-9-11(23)4-5-13(12)21/h4-9H,3H2,1-2H3/b15-7+. The number of rotatable bonds is 5. The highest BCUT2D eigenvalue weighted by Crippen LogP contribution is 2.37. The van der Waals surface area contributed by atoms with Gasteiger partial charge in [-0.3, -0.25) is 4.79 Å². The summed E-state index contributed by atoms with van der Waals surface area (Å²) >= 11 is 14.6. The predicted molar refractivity (Wildman–Crippen MR) is 119 cm³/mol. The van der Waals surface area contributed by atoms with E-state index in [4.69, 9.17) is 37.4 Å². The summed E-state index contributed by atoms with van der Waals surface area (Å²) < 4.78 is 16.7. The first kappa shape index (κ1) is 21.6. The highest BCUT2D eigenvalue weighted by Gasteiger charge is 2.26. The second kappa shape index (κ2) is 9.15. The summed E-state index contributed by atoms with van der Waals surface area (Å²) in [5.74, 6) is -0.573. The third kappa shape index (κ3) is 4.91. The number of halogens is 3. The van der Waals surface area contributed by atoms with E-state index >= 15 is 0 Å². The molecule has 0 atom stereocenters. The molecule has 1 aliphatic heterocycles. The van der Waals surface area contributed by atoms with E-state index in [-0.39, 0.29) is 34.5 Å². The summed E-state index contributed by atoms with van der Waals surface area (Å²) in [5.41, 5.74) is 1.12. The van der Waals surface area contributed by atoms with Crippen molar-refractivity contribution in [2.75, 3.05) is 7.11 Å². The van der Waals surface area contributed by atoms with Crippen LogP contribution in [0.3, 0.4) is 0 Å². The third-order valence-corrected chi connectivity index (χ3v) is 5.12. The number of benzene rings is 2. The largest absolute Gasteiger partial charge is 0.493 e. The number of hydrogen-bond acceptors (Lipinski definition) is 6. The fraction of sp³-hybridized carbons (Fsp3) is 0.150. The maximum atomic E-state index is 12.3. The number of carbonyl (C=O) groups excluding carboxylic acids is 2. The molecule has 2 aromatic rings. The summed E-state index contributed by atoms with van der Waals surface area (Å²) in [5, 5.41) is 0.583. The minimum Gasteiger partial charge on any atom is -0.493 e. The van der Waals surface area contributed by atoms with Crippen molar-refractivity contribution in [3.63, 3.8) is 0 Å². The molecule has 0 amide bonds. The van der Waals surface area contributed by atoms with Gasteiger partial charge in [0.15, 0.2) is 17.2 Å². The van der Waals surface area contributed by atoms with E-state index in [1.165, 1.54) is 19.3 Å². The number of carbonyl (C=O) groups is 2. The SMILES string of the molecule is CCC(=O)Oc1c(Cl)cc(/C=C2/N=C(c3cc(I)ccc3Cl)OC2=O)cc1OC. The van der Waals surface area contributed by atoms with Crippen LogP contribution in [0.1, 0.15) is 24.5 Å². The molecule has 0 saturated heterocycles. The normalized spacial score (nSPS) is 14.6. The van der Waals surface area contributed by atoms with E-state index in [2.05, 4.69) is 27.6 Å². The quantitative estimate of drug-likeness (QED) is 0.221. The van der Waals surface area contributed by atoms with E-state index in [0.717, 1.165) is 3.57 Å². The fourth-order valence-electron chi connectivity index (χ4n) is 2.45. The van der Waals surface area contributed by atoms with Crippen LogP contribution in [0.15, 0.2) is 41.0 Å². The summed E-state index contributed by atoms with van der Waals surface area (Å²) in [7, 11) is 1.42. The number of cyclic esters (lactones) is 1. The van der Waals surface area contributed by atoms with Gasteiger partial charge in [-0.1, -0.05) is 30.1 Å². The van der Waals surface area contributed by atoms with Crippen LogP contribution >= 0.6 is 45.8 Å². The van der Waals surface area contributed by atoms with Crippen LogP contribution in [-0.2, 0) is 14.3 Å². The molecule has 9 heteroatoms. The molecule has 1 aliphatic rings. The first-order valence-electron chi connectivity index (χ1n) is 8.38. The van der Waals surface area contributed by atoms with Crippen molar-refractivity contribution in [2.45, 2.75) is 13.3 Å². The van der Waals surface area contributed by atoms with Gasteiger partial charge in [-0.25, -0.2) is 9.79 Å². The van der Waals surface area contributed by atoms with Crippen molar-refractivity contribution in [2.24, 2.45) is 4.99 Å². The maximum Gasteiger partial charge on any atom is 0.363 e. The monoisotopic (exact) mass is 545 g/mol. The second-order valence-corrected chi connectivity index (χ2v) is 7.88. The molecule has 0 aliphatic carbocycles. The van der Waals surface area contributed by atoms with Crippen LogP contribution in [0.5, 0.6) is 11.5 Å². The van der Waals surface area contributed by atoms with E-state index < -0.39 is 11.9 Å². The number of aliphatic imine (C=N–C) groups is 1. The lowest BCUT2D eigenvalue weighted by molar-refractivity contribution is -0.134. The molecule has 2 aromatic carbocycles. The van der Waals surface area contributed by atoms with Crippen molar-refractivity contribution in [1.82, 2.24) is 0 Å². The van der Waals surface area contributed by atoms with Crippen LogP contribution in [0, 0.1) is 3.57 Å². The first-order chi connectivity index (χ1) is 13.8. The summed E-state index contributed by atoms with van der Waals surface area (Å²) in [6.45, 7) is 1.67. The molecular weight excluding hydrogens is 532 g/mol. The predicted octanol–water partition coefficient (Wildman–Crippen LogP) is 5.27. The Hall–Kier alpha value is -2.10. The zero-order valence-electron chi connectivity index (χ0n) is 15.3. The van der Waals surface area contributed by atoms with Crippen molar-refractivity contribution < 1.29 is 23.8 Å². The van der Waals surface area contributed by atoms with Gasteiger partial charge in [0, 0.05) is 9.99 Å². The number of ether oxygens (including phenoxy) is 3. The van der Waals surface area contributed by atoms with Crippen LogP contribution in [0.4, 0.5) is 0 Å². The minimum atomic E-state index is -0.619. The molecule has 0 unspecified atom stereocenters. The van der Waals surface area contributed by atoms with E-state index in [1.807, 2.05) is 6.07 Å². The molecule has 0 aromatic heterocycles. The Labute approximate surface area is 190 Å². The van der Waals surface area contributed by atoms with E-state index in [9.17, 15) is 9.59 Å². The molecule has 6 nitrogen and oxygen atoms in total. The van der Waals surface area contributed by atoms with Crippen LogP contribution < -0.4 is 9.47 Å². The zero-order chi connectivity index (χ0) is 21.1. The molecule has 0 N–H and O–H groups in total. The fourth-order valence-corrected chi connectivity index (χ4v) is 3.40. The van der Waals surface area contributed by atoms with Crippen molar-refractivity contribution in [3.05, 3.63) is 60.8 Å². The first-order valence-corrected chi connectivity index (χ1v) is 10.2. The molecule has 0 fully saturated rings. The summed E-state index contributed by atoms with van der Waals surface area (Å²) in [6.07, 6.45) is 1.69. The molecule has 0 bridgehead atoms. The molecular formula is C20H14Cl2INO5. The number of esters is 2. The smallest absolute Gasteiger partial charge is 0.363 e. The molecule has 0 radical (unpaired) electrons. The average molecular weight is 546 g/mol. The van der Waals surface area contributed by atoms with Crippen LogP contribution in [0.25, 0.3) is 6.08 Å². The Morgan fingerprint density at radius 1 is 1.24 bits per heavy atom. The van der Waals surface area contributed by atoms with Gasteiger partial charge >= 0.3 is 11.9 Å². The van der Waals surface area contributed by atoms with Gasteiger partial charge in [-0.15, -0.1) is 0 Å². The van der Waals surface area contributed by atoms with E-state index in [0.29, 0.717) is 16.1 Å². The summed E-state index contributed by atoms with van der Waals surface area (Å²) in [6, 6.07) is 8.43. The molecule has 0 spiro atoms. The van der Waals surface area contributed by atoms with Gasteiger partial charge in [-0.2, -0.15) is 0 Å². The summed E-state index contributed by atoms with van der Waals surface area (Å²) in [4.78, 5) is 28.1. The number of nitrogens with zero attached hydrogens (tertiary/aromatic N) is 1. The molecule has 3 rings (SSSR count). The molecule has 1 heterocycles. The Balaban J connectivity index is 1.98. The lowest BCUT2D eigenvalue weighted by atomic mass is 10.1. The number of methoxy groups -OCH3 is 1. The van der Waals surface area contributed by atoms with E-state index in [1.54, 1.807) is 25.1 Å². The lowest BCUT2D eigenvalue weighted by Crippen LogP contribution is -2.07. The van der Waals surface area contributed by atoms with Crippen LogP contribution in [0.2, 0.25) is 10.0 Å². The third-order valence-electron chi connectivity index (χ3n) is 3.84. The van der Waals surface area contributed by atoms with Crippen LogP contribution in [-0.4, -0.2) is 24.9 Å². The minimum absolute atomic E-state index is 0.0753. The van der Waals surface area contributed by atoms with Gasteiger partial charge in [-0.05, 0) is 64.6 Å². The lowest BCUT2D eigenvalue weighted by Gasteiger charge is -2.11. The van der Waals surface area contributed by atoms with Gasteiger partial charge < -0.3 is 14.2 Å².